The molecule has 3 fully saturated rings. The summed E-state index contributed by atoms with van der Waals surface area (Å²) in [5, 5.41) is 9.98. The highest BCUT2D eigenvalue weighted by Gasteiger charge is 2.33. The zero-order valence-corrected chi connectivity index (χ0v) is 13.5. The van der Waals surface area contributed by atoms with Gasteiger partial charge >= 0.3 is 0 Å². The highest BCUT2D eigenvalue weighted by molar-refractivity contribution is 5.44. The van der Waals surface area contributed by atoms with Crippen LogP contribution in [0.3, 0.4) is 0 Å². The molecule has 0 bridgehead atoms. The maximum atomic E-state index is 9.98. The molecule has 7 nitrogen and oxygen atoms in total. The van der Waals surface area contributed by atoms with Gasteiger partial charge in [0.25, 0.3) is 0 Å². The van der Waals surface area contributed by atoms with Gasteiger partial charge in [0.1, 0.15) is 5.82 Å². The van der Waals surface area contributed by atoms with Crippen molar-refractivity contribution in [3.63, 3.8) is 0 Å². The topological polar surface area (TPSA) is 65.0 Å². The van der Waals surface area contributed by atoms with Crippen LogP contribution in [0.25, 0.3) is 0 Å². The van der Waals surface area contributed by atoms with Gasteiger partial charge in [0.15, 0.2) is 0 Å². The summed E-state index contributed by atoms with van der Waals surface area (Å²) in [5.41, 5.74) is 0. The third-order valence-corrected chi connectivity index (χ3v) is 5.15. The van der Waals surface area contributed by atoms with Crippen LogP contribution in [0, 0.1) is 0 Å². The minimum Gasteiger partial charge on any atom is -0.389 e. The Bertz CT molecular complexity index is 529. The Hall–Kier alpha value is -1.44. The molecule has 0 radical (unpaired) electrons. The number of rotatable bonds is 3. The van der Waals surface area contributed by atoms with Crippen LogP contribution in [-0.4, -0.2) is 84.6 Å². The maximum Gasteiger partial charge on any atom is 0.227 e. The van der Waals surface area contributed by atoms with Crippen molar-refractivity contribution < 1.29 is 9.84 Å². The third kappa shape index (κ3) is 3.13. The van der Waals surface area contributed by atoms with Gasteiger partial charge < -0.3 is 19.6 Å². The van der Waals surface area contributed by atoms with Gasteiger partial charge in [-0.25, -0.2) is 4.98 Å². The van der Waals surface area contributed by atoms with Crippen molar-refractivity contribution in [3.8, 4) is 0 Å². The lowest BCUT2D eigenvalue weighted by molar-refractivity contribution is 0.0784. The summed E-state index contributed by atoms with van der Waals surface area (Å²) in [6, 6.07) is 2.16. The normalized spacial score (nSPS) is 29.4. The molecule has 3 aliphatic heterocycles. The molecule has 0 spiro atoms. The Kier molecular flexibility index (Phi) is 4.33. The summed E-state index contributed by atoms with van der Waals surface area (Å²) in [6.45, 7) is 6.99. The van der Waals surface area contributed by atoms with Gasteiger partial charge in [0, 0.05) is 45.5 Å². The Labute approximate surface area is 136 Å². The zero-order valence-electron chi connectivity index (χ0n) is 13.5. The van der Waals surface area contributed by atoms with Crippen LogP contribution >= 0.6 is 0 Å². The molecule has 0 aliphatic carbocycles. The van der Waals surface area contributed by atoms with Crippen molar-refractivity contribution in [2.75, 3.05) is 62.3 Å². The van der Waals surface area contributed by atoms with E-state index < -0.39 is 0 Å². The van der Waals surface area contributed by atoms with Crippen LogP contribution in [-0.2, 0) is 4.74 Å². The lowest BCUT2D eigenvalue weighted by Gasteiger charge is -2.39. The predicted molar refractivity (Wildman–Crippen MR) is 87.9 cm³/mol. The van der Waals surface area contributed by atoms with Crippen molar-refractivity contribution >= 4 is 11.8 Å². The Morgan fingerprint density at radius 2 is 1.78 bits per heavy atom. The van der Waals surface area contributed by atoms with Gasteiger partial charge in [0.2, 0.25) is 5.95 Å². The van der Waals surface area contributed by atoms with Crippen molar-refractivity contribution in [1.82, 2.24) is 14.9 Å². The molecule has 7 heteroatoms. The summed E-state index contributed by atoms with van der Waals surface area (Å²) in [7, 11) is 0. The number of nitrogens with zero attached hydrogens (tertiary/aromatic N) is 5. The molecule has 3 saturated heterocycles. The molecule has 4 heterocycles. The molecule has 0 saturated carbocycles. The maximum absolute atomic E-state index is 9.98. The lowest BCUT2D eigenvalue weighted by Crippen LogP contribution is -2.53. The van der Waals surface area contributed by atoms with Crippen molar-refractivity contribution in [3.05, 3.63) is 12.3 Å². The number of hydrogen-bond acceptors (Lipinski definition) is 7. The number of aromatic nitrogens is 2. The second kappa shape index (κ2) is 6.59. The van der Waals surface area contributed by atoms with Crippen LogP contribution in [0.15, 0.2) is 12.3 Å². The molecule has 1 N–H and O–H groups in total. The fraction of sp³-hybridized carbons (Fsp3) is 0.750. The van der Waals surface area contributed by atoms with Gasteiger partial charge in [-0.1, -0.05) is 0 Å². The average Bonchev–Trinajstić information content (AvgIpc) is 3.27. The van der Waals surface area contributed by atoms with E-state index in [0.717, 1.165) is 51.0 Å². The molecule has 2 atom stereocenters. The van der Waals surface area contributed by atoms with Gasteiger partial charge in [-0.15, -0.1) is 0 Å². The molecule has 1 aromatic rings. The van der Waals surface area contributed by atoms with E-state index in [1.165, 1.54) is 12.8 Å². The summed E-state index contributed by atoms with van der Waals surface area (Å²) in [6.07, 6.45) is 4.00. The molecule has 0 amide bonds. The smallest absolute Gasteiger partial charge is 0.227 e. The fourth-order valence-corrected chi connectivity index (χ4v) is 3.75. The third-order valence-electron chi connectivity index (χ3n) is 5.15. The molecular formula is C16H25N5O2. The van der Waals surface area contributed by atoms with E-state index in [0.29, 0.717) is 13.2 Å². The molecule has 4 rings (SSSR count). The van der Waals surface area contributed by atoms with E-state index >= 15 is 0 Å². The van der Waals surface area contributed by atoms with Crippen molar-refractivity contribution in [2.45, 2.75) is 25.0 Å². The summed E-state index contributed by atoms with van der Waals surface area (Å²) < 4.78 is 5.38. The summed E-state index contributed by atoms with van der Waals surface area (Å²) in [4.78, 5) is 16.1. The minimum atomic E-state index is -0.345. The number of aliphatic hydroxyl groups excluding tert-OH is 1. The highest BCUT2D eigenvalue weighted by atomic mass is 16.5. The van der Waals surface area contributed by atoms with E-state index in [9.17, 15) is 5.11 Å². The Morgan fingerprint density at radius 3 is 2.48 bits per heavy atom. The first-order valence-electron chi connectivity index (χ1n) is 8.64. The summed E-state index contributed by atoms with van der Waals surface area (Å²) >= 11 is 0. The average molecular weight is 319 g/mol. The number of ether oxygens (including phenoxy) is 1. The van der Waals surface area contributed by atoms with E-state index in [1.807, 2.05) is 12.3 Å². The lowest BCUT2D eigenvalue weighted by atomic mass is 10.1. The predicted octanol–water partition coefficient (Wildman–Crippen LogP) is -0.0415. The number of piperazine rings is 1. The first-order valence-corrected chi connectivity index (χ1v) is 8.64. The molecule has 0 aromatic carbocycles. The van der Waals surface area contributed by atoms with Gasteiger partial charge in [-0.05, 0) is 18.9 Å². The minimum absolute atomic E-state index is 0.155. The van der Waals surface area contributed by atoms with E-state index in [4.69, 9.17) is 9.72 Å². The monoisotopic (exact) mass is 319 g/mol. The fourth-order valence-electron chi connectivity index (χ4n) is 3.75. The summed E-state index contributed by atoms with van der Waals surface area (Å²) in [5.74, 6) is 1.88. The molecule has 23 heavy (non-hydrogen) atoms. The number of hydrogen-bond donors (Lipinski definition) is 1. The Morgan fingerprint density at radius 1 is 1.00 bits per heavy atom. The Balaban J connectivity index is 1.39. The van der Waals surface area contributed by atoms with E-state index in [1.54, 1.807) is 0 Å². The molecule has 2 unspecified atom stereocenters. The second-order valence-electron chi connectivity index (χ2n) is 6.60. The van der Waals surface area contributed by atoms with E-state index in [-0.39, 0.29) is 12.1 Å². The molecule has 3 aliphatic rings. The number of anilines is 2. The van der Waals surface area contributed by atoms with Crippen LogP contribution in [0.5, 0.6) is 0 Å². The quantitative estimate of drug-likeness (QED) is 0.838. The van der Waals surface area contributed by atoms with Crippen LogP contribution in [0.1, 0.15) is 12.8 Å². The second-order valence-corrected chi connectivity index (χ2v) is 6.60. The first kappa shape index (κ1) is 15.1. The van der Waals surface area contributed by atoms with Crippen molar-refractivity contribution in [1.29, 1.82) is 0 Å². The standard InChI is InChI=1S/C16H25N5O2/c22-14-12-23-11-13(14)19-7-9-20(10-8-19)15-3-4-17-16(18-15)21-5-1-2-6-21/h3-4,13-14,22H,1-2,5-12H2. The largest absolute Gasteiger partial charge is 0.389 e. The first-order chi connectivity index (χ1) is 11.3. The van der Waals surface area contributed by atoms with Gasteiger partial charge in [0.05, 0.1) is 25.4 Å². The van der Waals surface area contributed by atoms with Gasteiger partial charge in [-0.3, -0.25) is 4.90 Å². The molecular weight excluding hydrogens is 294 g/mol. The SMILES string of the molecule is OC1COCC1N1CCN(c2ccnc(N3CCCC3)n2)CC1. The van der Waals surface area contributed by atoms with Crippen LogP contribution < -0.4 is 9.80 Å². The van der Waals surface area contributed by atoms with Crippen LogP contribution in [0.2, 0.25) is 0 Å². The van der Waals surface area contributed by atoms with Crippen LogP contribution in [0.4, 0.5) is 11.8 Å². The highest BCUT2D eigenvalue weighted by Crippen LogP contribution is 2.21. The number of aliphatic hydroxyl groups is 1. The zero-order chi connectivity index (χ0) is 15.6. The van der Waals surface area contributed by atoms with Gasteiger partial charge in [-0.2, -0.15) is 4.98 Å². The van der Waals surface area contributed by atoms with E-state index in [2.05, 4.69) is 19.7 Å². The van der Waals surface area contributed by atoms with Crippen molar-refractivity contribution in [2.24, 2.45) is 0 Å². The molecule has 1 aromatic heterocycles. The molecule has 126 valence electrons.